The van der Waals surface area contributed by atoms with Crippen molar-refractivity contribution in [2.75, 3.05) is 20.4 Å². The van der Waals surface area contributed by atoms with E-state index < -0.39 is 6.67 Å². The van der Waals surface area contributed by atoms with Crippen molar-refractivity contribution in [3.8, 4) is 0 Å². The van der Waals surface area contributed by atoms with E-state index in [0.717, 1.165) is 0 Å². The molecule has 0 N–H and O–H groups in total. The Hall–Kier alpha value is -0.990. The molecule has 0 atom stereocenters. The third kappa shape index (κ3) is 3.65. The molecule has 64 valence electrons. The topological polar surface area (TPSA) is 18.5 Å². The smallest absolute Gasteiger partial charge is 0.155 e. The first-order valence-corrected chi connectivity index (χ1v) is 3.34. The van der Waals surface area contributed by atoms with Crippen LogP contribution in [0.2, 0.25) is 0 Å². The molecule has 0 amide bonds. The van der Waals surface area contributed by atoms with Gasteiger partial charge in [-0.05, 0) is 13.0 Å². The first-order valence-electron chi connectivity index (χ1n) is 3.34. The fourth-order valence-electron chi connectivity index (χ4n) is 0.626. The molecule has 3 heteroatoms. The highest BCUT2D eigenvalue weighted by molar-refractivity contribution is 5.15. The lowest BCUT2D eigenvalue weighted by atomic mass is 10.4. The summed E-state index contributed by atoms with van der Waals surface area (Å²) in [6, 6.07) is 0. The lowest BCUT2D eigenvalue weighted by Crippen LogP contribution is -1.99. The molecule has 0 rings (SSSR count). The lowest BCUT2D eigenvalue weighted by molar-refractivity contribution is 0.162. The van der Waals surface area contributed by atoms with Crippen LogP contribution in [0.5, 0.6) is 0 Å². The Morgan fingerprint density at radius 2 is 2.27 bits per heavy atom. The Morgan fingerprint density at radius 1 is 1.64 bits per heavy atom. The molecule has 0 fully saturated rings. The van der Waals surface area contributed by atoms with E-state index in [1.807, 2.05) is 0 Å². The molecule has 11 heavy (non-hydrogen) atoms. The summed E-state index contributed by atoms with van der Waals surface area (Å²) < 4.78 is 21.3. The highest BCUT2D eigenvalue weighted by Gasteiger charge is 2.00. The van der Waals surface area contributed by atoms with Crippen molar-refractivity contribution < 1.29 is 13.9 Å². The molecule has 0 spiro atoms. The molecule has 0 aromatic rings. The molecule has 0 aliphatic rings. The first-order chi connectivity index (χ1) is 5.26. The van der Waals surface area contributed by atoms with Crippen molar-refractivity contribution in [2.24, 2.45) is 0 Å². The molecule has 0 radical (unpaired) electrons. The fraction of sp³-hybridized carbons (Fsp3) is 0.500. The molecule has 0 saturated carbocycles. The van der Waals surface area contributed by atoms with Crippen LogP contribution >= 0.6 is 0 Å². The van der Waals surface area contributed by atoms with Crippen molar-refractivity contribution in [1.29, 1.82) is 0 Å². The van der Waals surface area contributed by atoms with Gasteiger partial charge in [0.1, 0.15) is 13.3 Å². The molecule has 0 aromatic heterocycles. The van der Waals surface area contributed by atoms with Gasteiger partial charge in [-0.2, -0.15) is 0 Å². The van der Waals surface area contributed by atoms with Gasteiger partial charge in [-0.25, -0.2) is 4.39 Å². The van der Waals surface area contributed by atoms with Crippen LogP contribution < -0.4 is 0 Å². The first kappa shape index (κ1) is 10.0. The normalized spacial score (nSPS) is 11.0. The average Bonchev–Trinajstić information content (AvgIpc) is 2.03. The Kier molecular flexibility index (Phi) is 5.25. The van der Waals surface area contributed by atoms with Crippen molar-refractivity contribution in [1.82, 2.24) is 0 Å². The Morgan fingerprint density at radius 3 is 2.64 bits per heavy atom. The third-order valence-corrected chi connectivity index (χ3v) is 1.11. The van der Waals surface area contributed by atoms with Gasteiger partial charge in [0.2, 0.25) is 0 Å². The summed E-state index contributed by atoms with van der Waals surface area (Å²) in [5.74, 6) is 0.908. The number of ether oxygens (including phenoxy) is 2. The van der Waals surface area contributed by atoms with E-state index in [1.165, 1.54) is 7.11 Å². The summed E-state index contributed by atoms with van der Waals surface area (Å²) in [5, 5.41) is 0. The minimum atomic E-state index is -0.514. The van der Waals surface area contributed by atoms with Crippen LogP contribution in [-0.2, 0) is 9.47 Å². The van der Waals surface area contributed by atoms with E-state index in [4.69, 9.17) is 9.47 Å². The Bertz CT molecular complexity index is 152. The SMILES string of the molecule is C=C(OCCF)C(=CC)OC. The number of alkyl halides is 1. The maximum absolute atomic E-state index is 11.6. The van der Waals surface area contributed by atoms with E-state index >= 15 is 0 Å². The molecular formula is C8H13FO2. The minimum absolute atomic E-state index is 0.0273. The van der Waals surface area contributed by atoms with Crippen LogP contribution in [0.25, 0.3) is 0 Å². The molecule has 0 aliphatic carbocycles. The van der Waals surface area contributed by atoms with E-state index in [0.29, 0.717) is 11.5 Å². The second-order valence-electron chi connectivity index (χ2n) is 1.82. The van der Waals surface area contributed by atoms with Gasteiger partial charge in [0.25, 0.3) is 0 Å². The van der Waals surface area contributed by atoms with Gasteiger partial charge in [0.05, 0.1) is 7.11 Å². The van der Waals surface area contributed by atoms with Gasteiger partial charge in [-0.1, -0.05) is 6.58 Å². The number of methoxy groups -OCH3 is 1. The average molecular weight is 160 g/mol. The van der Waals surface area contributed by atoms with Gasteiger partial charge in [0, 0.05) is 0 Å². The van der Waals surface area contributed by atoms with Crippen molar-refractivity contribution in [3.63, 3.8) is 0 Å². The summed E-state index contributed by atoms with van der Waals surface area (Å²) in [6.45, 7) is 4.86. The van der Waals surface area contributed by atoms with Crippen LogP contribution in [0, 0.1) is 0 Å². The molecule has 0 heterocycles. The van der Waals surface area contributed by atoms with Crippen molar-refractivity contribution >= 4 is 0 Å². The maximum Gasteiger partial charge on any atom is 0.155 e. The second-order valence-corrected chi connectivity index (χ2v) is 1.82. The van der Waals surface area contributed by atoms with Crippen LogP contribution in [0.4, 0.5) is 4.39 Å². The summed E-state index contributed by atoms with van der Waals surface area (Å²) in [7, 11) is 1.51. The van der Waals surface area contributed by atoms with Crippen molar-refractivity contribution in [2.45, 2.75) is 6.92 Å². The molecular weight excluding hydrogens is 147 g/mol. The number of halogens is 1. The standard InChI is InChI=1S/C8H13FO2/c1-4-8(10-3)7(2)11-6-5-9/h4H,2,5-6H2,1,3H3. The molecule has 0 aliphatic heterocycles. The minimum Gasteiger partial charge on any atom is -0.493 e. The molecule has 0 unspecified atom stereocenters. The van der Waals surface area contributed by atoms with Gasteiger partial charge >= 0.3 is 0 Å². The van der Waals surface area contributed by atoms with E-state index in [1.54, 1.807) is 13.0 Å². The lowest BCUT2D eigenvalue weighted by Gasteiger charge is -2.08. The third-order valence-electron chi connectivity index (χ3n) is 1.11. The summed E-state index contributed by atoms with van der Waals surface area (Å²) in [6.07, 6.45) is 1.71. The quantitative estimate of drug-likeness (QED) is 0.452. The summed E-state index contributed by atoms with van der Waals surface area (Å²) in [5.41, 5.74) is 0. The van der Waals surface area contributed by atoms with E-state index in [9.17, 15) is 4.39 Å². The molecule has 0 bridgehead atoms. The van der Waals surface area contributed by atoms with Crippen molar-refractivity contribution in [3.05, 3.63) is 24.2 Å². The Labute approximate surface area is 66.3 Å². The fourth-order valence-corrected chi connectivity index (χ4v) is 0.626. The number of rotatable bonds is 5. The zero-order valence-corrected chi connectivity index (χ0v) is 6.89. The van der Waals surface area contributed by atoms with Gasteiger partial charge < -0.3 is 9.47 Å². The zero-order valence-electron chi connectivity index (χ0n) is 6.89. The monoisotopic (exact) mass is 160 g/mol. The predicted molar refractivity (Wildman–Crippen MR) is 41.8 cm³/mol. The maximum atomic E-state index is 11.6. The number of allylic oxidation sites excluding steroid dienone is 1. The highest BCUT2D eigenvalue weighted by Crippen LogP contribution is 2.08. The molecule has 0 aromatic carbocycles. The summed E-state index contributed by atoms with van der Waals surface area (Å²) >= 11 is 0. The van der Waals surface area contributed by atoms with Crippen LogP contribution in [0.1, 0.15) is 6.92 Å². The van der Waals surface area contributed by atoms with E-state index in [2.05, 4.69) is 6.58 Å². The summed E-state index contributed by atoms with van der Waals surface area (Å²) in [4.78, 5) is 0. The predicted octanol–water partition coefficient (Wildman–Crippen LogP) is 2.04. The highest BCUT2D eigenvalue weighted by atomic mass is 19.1. The number of hydrogen-bond acceptors (Lipinski definition) is 2. The van der Waals surface area contributed by atoms with Crippen LogP contribution in [0.15, 0.2) is 24.2 Å². The van der Waals surface area contributed by atoms with Gasteiger partial charge in [0.15, 0.2) is 11.5 Å². The second kappa shape index (κ2) is 5.77. The van der Waals surface area contributed by atoms with Crippen LogP contribution in [-0.4, -0.2) is 20.4 Å². The number of hydrogen-bond donors (Lipinski definition) is 0. The largest absolute Gasteiger partial charge is 0.493 e. The van der Waals surface area contributed by atoms with Gasteiger partial charge in [-0.15, -0.1) is 0 Å². The molecule has 2 nitrogen and oxygen atoms in total. The molecule has 0 saturated heterocycles. The zero-order chi connectivity index (χ0) is 8.69. The van der Waals surface area contributed by atoms with Crippen LogP contribution in [0.3, 0.4) is 0 Å². The van der Waals surface area contributed by atoms with Gasteiger partial charge in [-0.3, -0.25) is 0 Å². The van der Waals surface area contributed by atoms with E-state index in [-0.39, 0.29) is 6.61 Å². The Balaban J connectivity index is 3.81.